The summed E-state index contributed by atoms with van der Waals surface area (Å²) in [5, 5.41) is 10.3. The topological polar surface area (TPSA) is 136 Å². The lowest BCUT2D eigenvalue weighted by Crippen LogP contribution is -2.40. The highest BCUT2D eigenvalue weighted by atomic mass is 32.2. The lowest BCUT2D eigenvalue weighted by molar-refractivity contribution is 0.0730. The Morgan fingerprint density at radius 3 is 2.09 bits per heavy atom. The van der Waals surface area contributed by atoms with E-state index in [1.165, 1.54) is 34.6 Å². The molecule has 10 nitrogen and oxygen atoms in total. The average Bonchev–Trinajstić information content (AvgIpc) is 2.85. The number of rotatable bonds is 6. The molecule has 1 N–H and O–H groups in total. The number of benzene rings is 2. The van der Waals surface area contributed by atoms with Crippen molar-refractivity contribution in [1.82, 2.24) is 14.5 Å². The van der Waals surface area contributed by atoms with Crippen LogP contribution in [-0.4, -0.2) is 69.8 Å². The van der Waals surface area contributed by atoms with Gasteiger partial charge in [-0.15, -0.1) is 10.2 Å². The molecule has 0 bridgehead atoms. The molecule has 0 unspecified atom stereocenters. The second-order valence-electron chi connectivity index (χ2n) is 7.60. The maximum absolute atomic E-state index is 12.7. The van der Waals surface area contributed by atoms with Crippen molar-refractivity contribution in [2.45, 2.75) is 9.92 Å². The van der Waals surface area contributed by atoms with E-state index in [4.69, 9.17) is 4.74 Å². The third-order valence-electron chi connectivity index (χ3n) is 5.18. The first-order chi connectivity index (χ1) is 16.1. The molecule has 0 spiro atoms. The fraction of sp³-hybridized carbons (Fsp3) is 0.227. The van der Waals surface area contributed by atoms with E-state index in [-0.39, 0.29) is 15.8 Å². The summed E-state index contributed by atoms with van der Waals surface area (Å²) in [5.74, 6) is -0.389. The van der Waals surface area contributed by atoms with E-state index in [0.717, 1.165) is 6.26 Å². The number of hydrogen-bond acceptors (Lipinski definition) is 8. The van der Waals surface area contributed by atoms with E-state index in [0.29, 0.717) is 48.8 Å². The smallest absolute Gasteiger partial charge is 0.255 e. The van der Waals surface area contributed by atoms with Crippen LogP contribution in [0.3, 0.4) is 0 Å². The van der Waals surface area contributed by atoms with E-state index in [1.807, 2.05) is 0 Å². The van der Waals surface area contributed by atoms with Gasteiger partial charge in [-0.1, -0.05) is 12.1 Å². The zero-order chi connectivity index (χ0) is 24.3. The van der Waals surface area contributed by atoms with Gasteiger partial charge in [-0.2, -0.15) is 4.31 Å². The van der Waals surface area contributed by atoms with Crippen LogP contribution in [0.5, 0.6) is 0 Å². The number of morpholine rings is 1. The molecule has 0 atom stereocenters. The predicted octanol–water partition coefficient (Wildman–Crippen LogP) is 1.82. The van der Waals surface area contributed by atoms with E-state index in [2.05, 4.69) is 15.5 Å². The molecule has 178 valence electrons. The lowest BCUT2D eigenvalue weighted by Gasteiger charge is -2.26. The number of nitrogens with one attached hydrogen (secondary N) is 1. The Bertz CT molecular complexity index is 1380. The van der Waals surface area contributed by atoms with Crippen molar-refractivity contribution < 1.29 is 26.4 Å². The maximum Gasteiger partial charge on any atom is 0.255 e. The molecular formula is C22H22N4O6S2. The first kappa shape index (κ1) is 24.0. The third kappa shape index (κ3) is 5.30. The van der Waals surface area contributed by atoms with Crippen LogP contribution in [0.15, 0.2) is 70.6 Å². The van der Waals surface area contributed by atoms with Crippen molar-refractivity contribution in [2.24, 2.45) is 0 Å². The first-order valence-electron chi connectivity index (χ1n) is 10.3. The molecule has 0 saturated carbocycles. The maximum atomic E-state index is 12.7. The van der Waals surface area contributed by atoms with Gasteiger partial charge >= 0.3 is 0 Å². The van der Waals surface area contributed by atoms with Gasteiger partial charge in [-0.05, 0) is 48.5 Å². The second kappa shape index (κ2) is 9.58. The molecule has 1 aliphatic rings. The summed E-state index contributed by atoms with van der Waals surface area (Å²) in [7, 11) is -7.06. The molecule has 0 aliphatic carbocycles. The van der Waals surface area contributed by atoms with Crippen LogP contribution in [0.1, 0.15) is 10.4 Å². The molecule has 1 saturated heterocycles. The van der Waals surface area contributed by atoms with Crippen LogP contribution in [0, 0.1) is 0 Å². The van der Waals surface area contributed by atoms with Crippen LogP contribution < -0.4 is 5.32 Å². The quantitative estimate of drug-likeness (QED) is 0.539. The highest BCUT2D eigenvalue weighted by Crippen LogP contribution is 2.21. The fourth-order valence-electron chi connectivity index (χ4n) is 3.31. The Balaban J connectivity index is 1.42. The van der Waals surface area contributed by atoms with Crippen molar-refractivity contribution in [2.75, 3.05) is 37.9 Å². The molecule has 12 heteroatoms. The monoisotopic (exact) mass is 502 g/mol. The Hall–Kier alpha value is -3.19. The molecule has 4 rings (SSSR count). The van der Waals surface area contributed by atoms with Crippen LogP contribution in [-0.2, 0) is 24.6 Å². The second-order valence-corrected chi connectivity index (χ2v) is 11.5. The number of carbonyl (C=O) groups excluding carboxylic acids is 1. The number of aromatic nitrogens is 2. The molecule has 0 radical (unpaired) electrons. The van der Waals surface area contributed by atoms with Crippen LogP contribution in [0.25, 0.3) is 11.3 Å². The SMILES string of the molecule is CS(=O)(=O)c1ccc(-c2ccc(NC(=O)c3ccc(S(=O)(=O)N4CCOCC4)cc3)cc2)nn1. The first-order valence-corrected chi connectivity index (χ1v) is 13.6. The molecule has 1 amide bonds. The van der Waals surface area contributed by atoms with Gasteiger partial charge in [0.25, 0.3) is 5.91 Å². The van der Waals surface area contributed by atoms with Gasteiger partial charge in [0, 0.05) is 36.2 Å². The van der Waals surface area contributed by atoms with Gasteiger partial charge in [0.15, 0.2) is 14.9 Å². The normalized spacial score (nSPS) is 15.1. The van der Waals surface area contributed by atoms with Crippen LogP contribution in [0.2, 0.25) is 0 Å². The van der Waals surface area contributed by atoms with Crippen LogP contribution in [0.4, 0.5) is 5.69 Å². The third-order valence-corrected chi connectivity index (χ3v) is 8.07. The largest absolute Gasteiger partial charge is 0.379 e. The summed E-state index contributed by atoms with van der Waals surface area (Å²) in [6.07, 6.45) is 1.06. The van der Waals surface area contributed by atoms with Crippen molar-refractivity contribution in [3.63, 3.8) is 0 Å². The van der Waals surface area contributed by atoms with Crippen LogP contribution >= 0.6 is 0 Å². The lowest BCUT2D eigenvalue weighted by atomic mass is 10.1. The summed E-state index contributed by atoms with van der Waals surface area (Å²) >= 11 is 0. The highest BCUT2D eigenvalue weighted by Gasteiger charge is 2.26. The molecular weight excluding hydrogens is 480 g/mol. The fourth-order valence-corrected chi connectivity index (χ4v) is 5.23. The van der Waals surface area contributed by atoms with E-state index in [9.17, 15) is 21.6 Å². The van der Waals surface area contributed by atoms with E-state index < -0.39 is 19.9 Å². The van der Waals surface area contributed by atoms with E-state index in [1.54, 1.807) is 30.3 Å². The Kier molecular flexibility index (Phi) is 6.75. The number of hydrogen-bond donors (Lipinski definition) is 1. The molecule has 34 heavy (non-hydrogen) atoms. The number of nitrogens with zero attached hydrogens (tertiary/aromatic N) is 3. The van der Waals surface area contributed by atoms with Gasteiger partial charge in [0.05, 0.1) is 23.8 Å². The zero-order valence-corrected chi connectivity index (χ0v) is 19.8. The Morgan fingerprint density at radius 1 is 0.882 bits per heavy atom. The number of sulfonamides is 1. The summed E-state index contributed by atoms with van der Waals surface area (Å²) in [6.45, 7) is 1.32. The minimum atomic E-state index is -3.63. The molecule has 2 aromatic carbocycles. The molecule has 3 aromatic rings. The minimum absolute atomic E-state index is 0.108. The summed E-state index contributed by atoms with van der Waals surface area (Å²) in [6, 6.07) is 15.5. The number of amides is 1. The molecule has 1 fully saturated rings. The average molecular weight is 503 g/mol. The summed E-state index contributed by atoms with van der Waals surface area (Å²) < 4.78 is 55.0. The van der Waals surface area contributed by atoms with E-state index >= 15 is 0 Å². The Morgan fingerprint density at radius 2 is 1.53 bits per heavy atom. The standard InChI is InChI=1S/C22H22N4O6S2/c1-33(28,29)21-11-10-20(24-25-21)16-2-6-18(7-3-16)23-22(27)17-4-8-19(9-5-17)34(30,31)26-12-14-32-15-13-26/h2-11H,12-15H2,1H3,(H,23,27). The van der Waals surface area contributed by atoms with Gasteiger partial charge in [0.2, 0.25) is 10.0 Å². The molecule has 1 aliphatic heterocycles. The molecule has 2 heterocycles. The van der Waals surface area contributed by atoms with Crippen molar-refractivity contribution in [3.05, 3.63) is 66.2 Å². The van der Waals surface area contributed by atoms with Gasteiger partial charge in [0.1, 0.15) is 0 Å². The van der Waals surface area contributed by atoms with Gasteiger partial charge in [-0.3, -0.25) is 4.79 Å². The van der Waals surface area contributed by atoms with Crippen molar-refractivity contribution >= 4 is 31.5 Å². The van der Waals surface area contributed by atoms with Gasteiger partial charge in [-0.25, -0.2) is 16.8 Å². The number of sulfone groups is 1. The summed E-state index contributed by atoms with van der Waals surface area (Å²) in [5.41, 5.74) is 2.03. The number of carbonyl (C=O) groups is 1. The Labute approximate surface area is 197 Å². The zero-order valence-electron chi connectivity index (χ0n) is 18.2. The van der Waals surface area contributed by atoms with Crippen molar-refractivity contribution in [3.8, 4) is 11.3 Å². The molecule has 1 aromatic heterocycles. The number of anilines is 1. The van der Waals surface area contributed by atoms with Gasteiger partial charge < -0.3 is 10.1 Å². The summed E-state index contributed by atoms with van der Waals surface area (Å²) in [4.78, 5) is 12.7. The van der Waals surface area contributed by atoms with Crippen molar-refractivity contribution in [1.29, 1.82) is 0 Å². The number of ether oxygens (including phenoxy) is 1. The minimum Gasteiger partial charge on any atom is -0.379 e. The predicted molar refractivity (Wildman–Crippen MR) is 125 cm³/mol. The highest BCUT2D eigenvalue weighted by molar-refractivity contribution is 7.90.